The van der Waals surface area contributed by atoms with Crippen molar-refractivity contribution in [1.29, 1.82) is 0 Å². The highest BCUT2D eigenvalue weighted by Gasteiger charge is 2.09. The van der Waals surface area contributed by atoms with E-state index in [1.54, 1.807) is 0 Å². The predicted octanol–water partition coefficient (Wildman–Crippen LogP) is 1.08. The van der Waals surface area contributed by atoms with Gasteiger partial charge in [-0.3, -0.25) is 0 Å². The molecule has 3 heteroatoms. The molecule has 0 aliphatic rings. The number of aliphatic hydroxyl groups excluding tert-OH is 1. The second-order valence-corrected chi connectivity index (χ2v) is 4.22. The fourth-order valence-corrected chi connectivity index (χ4v) is 1.17. The zero-order valence-corrected chi connectivity index (χ0v) is 10.2. The third-order valence-corrected chi connectivity index (χ3v) is 3.00. The Morgan fingerprint density at radius 3 is 2.29 bits per heavy atom. The molecule has 0 aromatic heterocycles. The lowest BCUT2D eigenvalue weighted by atomic mass is 10.2. The fourth-order valence-electron chi connectivity index (χ4n) is 1.17. The summed E-state index contributed by atoms with van der Waals surface area (Å²) in [5, 5.41) is 12.6. The molecule has 0 aliphatic carbocycles. The Morgan fingerprint density at radius 2 is 1.86 bits per heavy atom. The molecule has 3 unspecified atom stereocenters. The zero-order chi connectivity index (χ0) is 11.1. The van der Waals surface area contributed by atoms with Crippen LogP contribution in [0.4, 0.5) is 0 Å². The first-order valence-corrected chi connectivity index (χ1v) is 5.60. The van der Waals surface area contributed by atoms with Gasteiger partial charge >= 0.3 is 0 Å². The largest absolute Gasteiger partial charge is 0.392 e. The van der Waals surface area contributed by atoms with Crippen LogP contribution in [-0.2, 0) is 0 Å². The van der Waals surface area contributed by atoms with Crippen LogP contribution in [0, 0.1) is 0 Å². The summed E-state index contributed by atoms with van der Waals surface area (Å²) in [6, 6.07) is 0.819. The summed E-state index contributed by atoms with van der Waals surface area (Å²) in [4.78, 5) is 2.34. The lowest BCUT2D eigenvalue weighted by Crippen LogP contribution is -2.41. The quantitative estimate of drug-likeness (QED) is 0.648. The van der Waals surface area contributed by atoms with Crippen molar-refractivity contribution >= 4 is 0 Å². The summed E-state index contributed by atoms with van der Waals surface area (Å²) in [5.74, 6) is 0. The van der Waals surface area contributed by atoms with E-state index in [1.165, 1.54) is 6.42 Å². The van der Waals surface area contributed by atoms with E-state index in [1.807, 2.05) is 13.8 Å². The van der Waals surface area contributed by atoms with E-state index in [-0.39, 0.29) is 12.1 Å². The number of aliphatic hydroxyl groups is 1. The molecule has 3 atom stereocenters. The number of nitrogens with zero attached hydrogens (tertiary/aromatic N) is 1. The molecule has 0 fully saturated rings. The summed E-state index contributed by atoms with van der Waals surface area (Å²) >= 11 is 0. The van der Waals surface area contributed by atoms with E-state index in [0.29, 0.717) is 6.04 Å². The van der Waals surface area contributed by atoms with Gasteiger partial charge in [0, 0.05) is 25.2 Å². The standard InChI is InChI=1S/C11H26N2O/c1-6-9(2)13(5)8-7-12-10(3)11(4)14/h9-12,14H,6-8H2,1-5H3. The Balaban J connectivity index is 3.53. The van der Waals surface area contributed by atoms with Gasteiger partial charge in [-0.15, -0.1) is 0 Å². The van der Waals surface area contributed by atoms with E-state index in [9.17, 15) is 5.11 Å². The first-order valence-electron chi connectivity index (χ1n) is 5.60. The third kappa shape index (κ3) is 5.58. The van der Waals surface area contributed by atoms with Gasteiger partial charge in [0.2, 0.25) is 0 Å². The lowest BCUT2D eigenvalue weighted by Gasteiger charge is -2.25. The summed E-state index contributed by atoms with van der Waals surface area (Å²) in [6.45, 7) is 10.2. The maximum absolute atomic E-state index is 9.27. The first kappa shape index (κ1) is 13.9. The van der Waals surface area contributed by atoms with Gasteiger partial charge in [-0.25, -0.2) is 0 Å². The average Bonchev–Trinajstić information content (AvgIpc) is 2.15. The number of likely N-dealkylation sites (N-methyl/N-ethyl adjacent to an activating group) is 1. The van der Waals surface area contributed by atoms with Crippen LogP contribution in [0.3, 0.4) is 0 Å². The van der Waals surface area contributed by atoms with Crippen molar-refractivity contribution in [3.63, 3.8) is 0 Å². The van der Waals surface area contributed by atoms with E-state index >= 15 is 0 Å². The molecule has 0 bridgehead atoms. The van der Waals surface area contributed by atoms with Gasteiger partial charge in [0.15, 0.2) is 0 Å². The third-order valence-electron chi connectivity index (χ3n) is 3.00. The van der Waals surface area contributed by atoms with Gasteiger partial charge < -0.3 is 15.3 Å². The van der Waals surface area contributed by atoms with Crippen LogP contribution >= 0.6 is 0 Å². The minimum absolute atomic E-state index is 0.181. The topological polar surface area (TPSA) is 35.5 Å². The molecule has 0 radical (unpaired) electrons. The monoisotopic (exact) mass is 202 g/mol. The maximum atomic E-state index is 9.27. The van der Waals surface area contributed by atoms with Gasteiger partial charge in [0.1, 0.15) is 0 Å². The van der Waals surface area contributed by atoms with Crippen LogP contribution in [0.5, 0.6) is 0 Å². The summed E-state index contributed by atoms with van der Waals surface area (Å²) in [7, 11) is 2.14. The molecule has 0 aromatic carbocycles. The fraction of sp³-hybridized carbons (Fsp3) is 1.00. The Kier molecular flexibility index (Phi) is 7.15. The molecule has 0 aliphatic heterocycles. The number of nitrogens with one attached hydrogen (secondary N) is 1. The Bertz CT molecular complexity index is 139. The predicted molar refractivity (Wildman–Crippen MR) is 61.5 cm³/mol. The highest BCUT2D eigenvalue weighted by molar-refractivity contribution is 4.68. The average molecular weight is 202 g/mol. The van der Waals surface area contributed by atoms with Crippen LogP contribution in [-0.4, -0.2) is 48.3 Å². The zero-order valence-electron chi connectivity index (χ0n) is 10.2. The first-order chi connectivity index (χ1) is 6.49. The van der Waals surface area contributed by atoms with Crippen molar-refractivity contribution in [1.82, 2.24) is 10.2 Å². The van der Waals surface area contributed by atoms with Crippen molar-refractivity contribution in [2.24, 2.45) is 0 Å². The molecule has 0 saturated carbocycles. The normalized spacial score (nSPS) is 18.2. The van der Waals surface area contributed by atoms with Crippen molar-refractivity contribution in [3.05, 3.63) is 0 Å². The molecule has 0 rings (SSSR count). The highest BCUT2D eigenvalue weighted by atomic mass is 16.3. The van der Waals surface area contributed by atoms with E-state index < -0.39 is 0 Å². The van der Waals surface area contributed by atoms with Crippen molar-refractivity contribution in [3.8, 4) is 0 Å². The van der Waals surface area contributed by atoms with Crippen LogP contribution in [0.2, 0.25) is 0 Å². The van der Waals surface area contributed by atoms with Gasteiger partial charge in [-0.05, 0) is 34.2 Å². The van der Waals surface area contributed by atoms with Gasteiger partial charge in [-0.1, -0.05) is 6.92 Å². The number of hydrogen-bond acceptors (Lipinski definition) is 3. The van der Waals surface area contributed by atoms with Crippen LogP contribution in [0.25, 0.3) is 0 Å². The molecule has 0 aromatic rings. The molecular weight excluding hydrogens is 176 g/mol. The van der Waals surface area contributed by atoms with Crippen molar-refractivity contribution < 1.29 is 5.11 Å². The minimum Gasteiger partial charge on any atom is -0.392 e. The molecule has 0 saturated heterocycles. The highest BCUT2D eigenvalue weighted by Crippen LogP contribution is 1.98. The Labute approximate surface area is 88.5 Å². The SMILES string of the molecule is CCC(C)N(C)CCNC(C)C(C)O. The van der Waals surface area contributed by atoms with Crippen LogP contribution in [0.15, 0.2) is 0 Å². The van der Waals surface area contributed by atoms with E-state index in [2.05, 4.69) is 31.1 Å². The van der Waals surface area contributed by atoms with Crippen LogP contribution in [0.1, 0.15) is 34.1 Å². The van der Waals surface area contributed by atoms with Crippen molar-refractivity contribution in [2.75, 3.05) is 20.1 Å². The summed E-state index contributed by atoms with van der Waals surface area (Å²) in [6.07, 6.45) is 0.909. The lowest BCUT2D eigenvalue weighted by molar-refractivity contribution is 0.149. The Morgan fingerprint density at radius 1 is 1.29 bits per heavy atom. The maximum Gasteiger partial charge on any atom is 0.0662 e. The molecule has 86 valence electrons. The van der Waals surface area contributed by atoms with Gasteiger partial charge in [0.25, 0.3) is 0 Å². The molecular formula is C11H26N2O. The molecule has 0 amide bonds. The molecule has 3 nitrogen and oxygen atoms in total. The minimum atomic E-state index is -0.274. The number of hydrogen-bond donors (Lipinski definition) is 2. The van der Waals surface area contributed by atoms with Crippen LogP contribution < -0.4 is 5.32 Å². The van der Waals surface area contributed by atoms with Crippen molar-refractivity contribution in [2.45, 2.75) is 52.3 Å². The van der Waals surface area contributed by atoms with Gasteiger partial charge in [0.05, 0.1) is 6.10 Å². The van der Waals surface area contributed by atoms with E-state index in [4.69, 9.17) is 0 Å². The second-order valence-electron chi connectivity index (χ2n) is 4.22. The Hall–Kier alpha value is -0.120. The summed E-state index contributed by atoms with van der Waals surface area (Å²) < 4.78 is 0. The smallest absolute Gasteiger partial charge is 0.0662 e. The second kappa shape index (κ2) is 7.21. The molecule has 2 N–H and O–H groups in total. The molecule has 0 heterocycles. The molecule has 14 heavy (non-hydrogen) atoms. The summed E-state index contributed by atoms with van der Waals surface area (Å²) in [5.41, 5.74) is 0. The van der Waals surface area contributed by atoms with Gasteiger partial charge in [-0.2, -0.15) is 0 Å². The van der Waals surface area contributed by atoms with E-state index in [0.717, 1.165) is 13.1 Å². The molecule has 0 spiro atoms. The number of rotatable bonds is 7.